The van der Waals surface area contributed by atoms with Crippen molar-refractivity contribution in [3.63, 3.8) is 0 Å². The summed E-state index contributed by atoms with van der Waals surface area (Å²) in [6.07, 6.45) is 6.22. The van der Waals surface area contributed by atoms with E-state index < -0.39 is 0 Å². The van der Waals surface area contributed by atoms with E-state index in [1.54, 1.807) is 6.20 Å². The lowest BCUT2D eigenvalue weighted by molar-refractivity contribution is 0.610. The molecule has 3 heterocycles. The number of benzene rings is 1. The fraction of sp³-hybridized carbons (Fsp3) is 0.400. The number of nitrogens with zero attached hydrogens (tertiary/aromatic N) is 5. The van der Waals surface area contributed by atoms with Crippen LogP contribution >= 0.6 is 0 Å². The van der Waals surface area contributed by atoms with Crippen LogP contribution in [0.2, 0.25) is 0 Å². The SMILES string of the molecule is Cc1cc(C)c2ncc(C#N)c(NCc3nnc4n3CCCCC4)c2c1. The number of hydrogen-bond donors (Lipinski definition) is 1. The molecule has 2 aromatic heterocycles. The maximum atomic E-state index is 9.54. The molecule has 0 aliphatic carbocycles. The Bertz CT molecular complexity index is 1010. The summed E-state index contributed by atoms with van der Waals surface area (Å²) < 4.78 is 2.23. The first kappa shape index (κ1) is 16.5. The lowest BCUT2D eigenvalue weighted by atomic mass is 10.0. The van der Waals surface area contributed by atoms with Gasteiger partial charge in [-0.1, -0.05) is 18.1 Å². The first-order valence-corrected chi connectivity index (χ1v) is 9.12. The highest BCUT2D eigenvalue weighted by Crippen LogP contribution is 2.29. The van der Waals surface area contributed by atoms with E-state index in [9.17, 15) is 5.26 Å². The third kappa shape index (κ3) is 2.90. The molecule has 3 aromatic rings. The molecule has 1 aliphatic rings. The molecule has 0 amide bonds. The van der Waals surface area contributed by atoms with Crippen LogP contribution in [0, 0.1) is 25.2 Å². The fourth-order valence-electron chi connectivity index (χ4n) is 3.78. The Morgan fingerprint density at radius 2 is 2.08 bits per heavy atom. The third-order valence-electron chi connectivity index (χ3n) is 5.04. The molecule has 26 heavy (non-hydrogen) atoms. The van der Waals surface area contributed by atoms with Crippen molar-refractivity contribution in [3.05, 3.63) is 46.7 Å². The number of pyridine rings is 1. The third-order valence-corrected chi connectivity index (χ3v) is 5.04. The van der Waals surface area contributed by atoms with Gasteiger partial charge in [-0.2, -0.15) is 5.26 Å². The van der Waals surface area contributed by atoms with Crippen molar-refractivity contribution in [1.29, 1.82) is 5.26 Å². The molecule has 0 spiro atoms. The largest absolute Gasteiger partial charge is 0.376 e. The van der Waals surface area contributed by atoms with Crippen LogP contribution in [-0.2, 0) is 19.5 Å². The van der Waals surface area contributed by atoms with Gasteiger partial charge in [-0.25, -0.2) is 0 Å². The topological polar surface area (TPSA) is 79.4 Å². The van der Waals surface area contributed by atoms with Crippen LogP contribution in [0.5, 0.6) is 0 Å². The van der Waals surface area contributed by atoms with E-state index in [0.29, 0.717) is 12.1 Å². The summed E-state index contributed by atoms with van der Waals surface area (Å²) in [7, 11) is 0. The fourth-order valence-corrected chi connectivity index (χ4v) is 3.78. The van der Waals surface area contributed by atoms with Crippen LogP contribution in [0.1, 0.15) is 47.6 Å². The summed E-state index contributed by atoms with van der Waals surface area (Å²) in [5, 5.41) is 22.7. The number of aromatic nitrogens is 4. The molecule has 0 fully saturated rings. The van der Waals surface area contributed by atoms with Gasteiger partial charge in [-0.15, -0.1) is 10.2 Å². The Morgan fingerprint density at radius 3 is 2.92 bits per heavy atom. The molecule has 1 N–H and O–H groups in total. The number of nitriles is 1. The smallest absolute Gasteiger partial charge is 0.152 e. The van der Waals surface area contributed by atoms with Gasteiger partial charge in [0.05, 0.1) is 23.3 Å². The summed E-state index contributed by atoms with van der Waals surface area (Å²) in [6.45, 7) is 5.64. The molecule has 0 atom stereocenters. The number of rotatable bonds is 3. The monoisotopic (exact) mass is 346 g/mol. The van der Waals surface area contributed by atoms with Crippen LogP contribution < -0.4 is 5.32 Å². The molecule has 1 aromatic carbocycles. The Balaban J connectivity index is 1.71. The molecular weight excluding hydrogens is 324 g/mol. The zero-order valence-corrected chi connectivity index (χ0v) is 15.2. The summed E-state index contributed by atoms with van der Waals surface area (Å²) in [5.41, 5.74) is 4.58. The lowest BCUT2D eigenvalue weighted by Crippen LogP contribution is -2.11. The summed E-state index contributed by atoms with van der Waals surface area (Å²) >= 11 is 0. The number of nitrogens with one attached hydrogen (secondary N) is 1. The summed E-state index contributed by atoms with van der Waals surface area (Å²) in [4.78, 5) is 4.49. The average molecular weight is 346 g/mol. The van der Waals surface area contributed by atoms with Crippen molar-refractivity contribution in [1.82, 2.24) is 19.7 Å². The van der Waals surface area contributed by atoms with E-state index in [-0.39, 0.29) is 0 Å². The van der Waals surface area contributed by atoms with Crippen LogP contribution in [0.4, 0.5) is 5.69 Å². The van der Waals surface area contributed by atoms with Gasteiger partial charge in [0.25, 0.3) is 0 Å². The first-order chi connectivity index (χ1) is 12.7. The van der Waals surface area contributed by atoms with Crippen molar-refractivity contribution in [2.24, 2.45) is 0 Å². The lowest BCUT2D eigenvalue weighted by Gasteiger charge is -2.14. The first-order valence-electron chi connectivity index (χ1n) is 9.12. The Labute approximate surface area is 152 Å². The van der Waals surface area contributed by atoms with Crippen LogP contribution in [0.25, 0.3) is 10.9 Å². The molecule has 132 valence electrons. The number of fused-ring (bicyclic) bond motifs is 2. The van der Waals surface area contributed by atoms with E-state index in [4.69, 9.17) is 0 Å². The van der Waals surface area contributed by atoms with Gasteiger partial charge in [-0.3, -0.25) is 4.98 Å². The zero-order chi connectivity index (χ0) is 18.1. The standard InChI is InChI=1S/C20H22N6/c1-13-8-14(2)19-16(9-13)20(15(10-21)11-22-19)23-12-18-25-24-17-6-4-3-5-7-26(17)18/h8-9,11H,3-7,12H2,1-2H3,(H,22,23). The van der Waals surface area contributed by atoms with E-state index in [2.05, 4.69) is 57.1 Å². The normalized spacial score (nSPS) is 13.9. The van der Waals surface area contributed by atoms with E-state index in [1.807, 2.05) is 0 Å². The van der Waals surface area contributed by atoms with Gasteiger partial charge in [0.15, 0.2) is 5.82 Å². The molecule has 0 saturated carbocycles. The average Bonchev–Trinajstić information content (AvgIpc) is 2.85. The highest BCUT2D eigenvalue weighted by Gasteiger charge is 2.16. The molecule has 0 saturated heterocycles. The molecule has 6 heteroatoms. The Hall–Kier alpha value is -2.94. The van der Waals surface area contributed by atoms with Crippen LogP contribution in [-0.4, -0.2) is 19.7 Å². The molecular formula is C20H22N6. The second kappa shape index (κ2) is 6.75. The molecule has 0 bridgehead atoms. The maximum Gasteiger partial charge on any atom is 0.152 e. The predicted molar refractivity (Wildman–Crippen MR) is 101 cm³/mol. The van der Waals surface area contributed by atoms with Crippen LogP contribution in [0.3, 0.4) is 0 Å². The molecule has 4 rings (SSSR count). The van der Waals surface area contributed by atoms with Gasteiger partial charge in [-0.05, 0) is 38.3 Å². The molecule has 0 radical (unpaired) electrons. The van der Waals surface area contributed by atoms with E-state index >= 15 is 0 Å². The highest BCUT2D eigenvalue weighted by molar-refractivity contribution is 5.96. The minimum atomic E-state index is 0.549. The van der Waals surface area contributed by atoms with E-state index in [0.717, 1.165) is 58.8 Å². The number of aryl methyl sites for hydroxylation is 3. The van der Waals surface area contributed by atoms with Gasteiger partial charge < -0.3 is 9.88 Å². The Kier molecular flexibility index (Phi) is 4.29. The Morgan fingerprint density at radius 1 is 1.19 bits per heavy atom. The molecule has 0 unspecified atom stereocenters. The number of anilines is 1. The second-order valence-electron chi connectivity index (χ2n) is 6.98. The van der Waals surface area contributed by atoms with Gasteiger partial charge in [0, 0.05) is 24.5 Å². The van der Waals surface area contributed by atoms with Gasteiger partial charge >= 0.3 is 0 Å². The number of hydrogen-bond acceptors (Lipinski definition) is 5. The molecule has 1 aliphatic heterocycles. The van der Waals surface area contributed by atoms with Crippen LogP contribution in [0.15, 0.2) is 18.3 Å². The van der Waals surface area contributed by atoms with Crippen molar-refractivity contribution in [3.8, 4) is 6.07 Å². The van der Waals surface area contributed by atoms with E-state index in [1.165, 1.54) is 12.8 Å². The second-order valence-corrected chi connectivity index (χ2v) is 6.98. The predicted octanol–water partition coefficient (Wildman–Crippen LogP) is 3.65. The molecule has 6 nitrogen and oxygen atoms in total. The summed E-state index contributed by atoms with van der Waals surface area (Å²) in [6, 6.07) is 6.46. The van der Waals surface area contributed by atoms with Crippen molar-refractivity contribution in [2.75, 3.05) is 5.32 Å². The highest BCUT2D eigenvalue weighted by atomic mass is 15.3. The van der Waals surface area contributed by atoms with Gasteiger partial charge in [0.2, 0.25) is 0 Å². The minimum Gasteiger partial charge on any atom is -0.376 e. The maximum absolute atomic E-state index is 9.54. The van der Waals surface area contributed by atoms with Crippen molar-refractivity contribution in [2.45, 2.75) is 52.6 Å². The zero-order valence-electron chi connectivity index (χ0n) is 15.2. The summed E-state index contributed by atoms with van der Waals surface area (Å²) in [5.74, 6) is 2.01. The quantitative estimate of drug-likeness (QED) is 0.783. The van der Waals surface area contributed by atoms with Crippen molar-refractivity contribution >= 4 is 16.6 Å². The van der Waals surface area contributed by atoms with Crippen molar-refractivity contribution < 1.29 is 0 Å². The minimum absolute atomic E-state index is 0.549. The van der Waals surface area contributed by atoms with Gasteiger partial charge in [0.1, 0.15) is 11.9 Å².